The summed E-state index contributed by atoms with van der Waals surface area (Å²) in [5, 5.41) is -0.360. The summed E-state index contributed by atoms with van der Waals surface area (Å²) in [6, 6.07) is 3.54. The van der Waals surface area contributed by atoms with Crippen LogP contribution in [0.5, 0.6) is 0 Å². The molecule has 2 rings (SSSR count). The van der Waals surface area contributed by atoms with Crippen LogP contribution in [0.4, 0.5) is 13.2 Å². The first-order valence-electron chi connectivity index (χ1n) is 6.85. The van der Waals surface area contributed by atoms with E-state index in [0.717, 1.165) is 12.5 Å². The SMILES string of the molecule is NCC1CCN(C(=O)C=Cc2ccc(Cl)c(C(F)(F)F)c2)C1. The van der Waals surface area contributed by atoms with Gasteiger partial charge in [0.2, 0.25) is 5.91 Å². The molecule has 1 heterocycles. The van der Waals surface area contributed by atoms with Crippen molar-refractivity contribution >= 4 is 23.6 Å². The third kappa shape index (κ3) is 4.01. The second-order valence-corrected chi connectivity index (χ2v) is 5.65. The summed E-state index contributed by atoms with van der Waals surface area (Å²) in [5.74, 6) is 0.0733. The summed E-state index contributed by atoms with van der Waals surface area (Å²) in [6.07, 6.45) is -1.02. The van der Waals surface area contributed by atoms with Crippen molar-refractivity contribution in [3.05, 3.63) is 40.4 Å². The van der Waals surface area contributed by atoms with Gasteiger partial charge in [0.1, 0.15) is 0 Å². The summed E-state index contributed by atoms with van der Waals surface area (Å²) in [4.78, 5) is 13.6. The van der Waals surface area contributed by atoms with E-state index in [2.05, 4.69) is 0 Å². The molecule has 1 atom stereocenters. The summed E-state index contributed by atoms with van der Waals surface area (Å²) < 4.78 is 38.3. The number of alkyl halides is 3. The summed E-state index contributed by atoms with van der Waals surface area (Å²) in [6.45, 7) is 1.74. The van der Waals surface area contributed by atoms with Crippen LogP contribution >= 0.6 is 11.6 Å². The van der Waals surface area contributed by atoms with E-state index in [4.69, 9.17) is 17.3 Å². The fourth-order valence-electron chi connectivity index (χ4n) is 2.36. The molecular weight excluding hydrogens is 317 g/mol. The maximum atomic E-state index is 12.8. The summed E-state index contributed by atoms with van der Waals surface area (Å²) in [7, 11) is 0. The second kappa shape index (κ2) is 6.71. The van der Waals surface area contributed by atoms with Crippen molar-refractivity contribution in [2.45, 2.75) is 12.6 Å². The van der Waals surface area contributed by atoms with Gasteiger partial charge in [-0.25, -0.2) is 0 Å². The Bertz CT molecular complexity index is 587. The van der Waals surface area contributed by atoms with E-state index in [1.54, 1.807) is 4.90 Å². The molecule has 1 aliphatic heterocycles. The lowest BCUT2D eigenvalue weighted by Crippen LogP contribution is -2.28. The molecule has 0 aliphatic carbocycles. The van der Waals surface area contributed by atoms with Gasteiger partial charge in [0.05, 0.1) is 10.6 Å². The molecule has 1 aromatic carbocycles. The lowest BCUT2D eigenvalue weighted by atomic mass is 10.1. The number of carbonyl (C=O) groups excluding carboxylic acids is 1. The number of hydrogen-bond acceptors (Lipinski definition) is 2. The Morgan fingerprint density at radius 2 is 2.18 bits per heavy atom. The number of hydrogen-bond donors (Lipinski definition) is 1. The molecule has 0 saturated carbocycles. The number of rotatable bonds is 3. The Balaban J connectivity index is 2.09. The number of nitrogens with two attached hydrogens (primary N) is 1. The molecule has 0 aromatic heterocycles. The van der Waals surface area contributed by atoms with E-state index in [0.29, 0.717) is 25.6 Å². The normalized spacial score (nSPS) is 19.1. The number of halogens is 4. The lowest BCUT2D eigenvalue weighted by Gasteiger charge is -2.13. The van der Waals surface area contributed by atoms with Crippen LogP contribution in [0.3, 0.4) is 0 Å². The summed E-state index contributed by atoms with van der Waals surface area (Å²) in [5.41, 5.74) is 4.93. The quantitative estimate of drug-likeness (QED) is 0.864. The molecule has 1 unspecified atom stereocenters. The zero-order valence-electron chi connectivity index (χ0n) is 11.7. The Hall–Kier alpha value is -1.53. The van der Waals surface area contributed by atoms with Gasteiger partial charge in [0.15, 0.2) is 0 Å². The van der Waals surface area contributed by atoms with Gasteiger partial charge in [0, 0.05) is 19.2 Å². The third-order valence-electron chi connectivity index (χ3n) is 3.65. The monoisotopic (exact) mass is 332 g/mol. The second-order valence-electron chi connectivity index (χ2n) is 5.25. The zero-order valence-corrected chi connectivity index (χ0v) is 12.5. The highest BCUT2D eigenvalue weighted by molar-refractivity contribution is 6.31. The predicted octanol–water partition coefficient (Wildman–Crippen LogP) is 3.18. The predicted molar refractivity (Wildman–Crippen MR) is 79.2 cm³/mol. The molecule has 0 spiro atoms. The Morgan fingerprint density at radius 1 is 1.45 bits per heavy atom. The van der Waals surface area contributed by atoms with Gasteiger partial charge >= 0.3 is 6.18 Å². The fourth-order valence-corrected chi connectivity index (χ4v) is 2.59. The molecule has 1 aliphatic rings. The van der Waals surface area contributed by atoms with Crippen molar-refractivity contribution in [3.63, 3.8) is 0 Å². The number of amides is 1. The van der Waals surface area contributed by atoms with Gasteiger partial charge in [-0.3, -0.25) is 4.79 Å². The van der Waals surface area contributed by atoms with Crippen LogP contribution in [0.2, 0.25) is 5.02 Å². The molecule has 0 radical (unpaired) electrons. The van der Waals surface area contributed by atoms with Crippen LogP contribution in [0, 0.1) is 5.92 Å². The minimum absolute atomic E-state index is 0.223. The highest BCUT2D eigenvalue weighted by Gasteiger charge is 2.33. The third-order valence-corrected chi connectivity index (χ3v) is 3.97. The van der Waals surface area contributed by atoms with Crippen LogP contribution in [-0.2, 0) is 11.0 Å². The zero-order chi connectivity index (χ0) is 16.3. The highest BCUT2D eigenvalue weighted by Crippen LogP contribution is 2.35. The number of benzene rings is 1. The van der Waals surface area contributed by atoms with Gasteiger partial charge in [0.25, 0.3) is 0 Å². The molecule has 3 nitrogen and oxygen atoms in total. The van der Waals surface area contributed by atoms with Crippen molar-refractivity contribution in [3.8, 4) is 0 Å². The van der Waals surface area contributed by atoms with Crippen LogP contribution in [-0.4, -0.2) is 30.4 Å². The Labute approximate surface area is 131 Å². The topological polar surface area (TPSA) is 46.3 Å². The Kier molecular flexibility index (Phi) is 5.13. The molecule has 2 N–H and O–H groups in total. The van der Waals surface area contributed by atoms with Crippen LogP contribution in [0.25, 0.3) is 6.08 Å². The molecule has 1 aromatic rings. The van der Waals surface area contributed by atoms with E-state index in [1.807, 2.05) is 0 Å². The van der Waals surface area contributed by atoms with Crippen molar-refractivity contribution < 1.29 is 18.0 Å². The van der Waals surface area contributed by atoms with E-state index in [1.165, 1.54) is 24.3 Å². The summed E-state index contributed by atoms with van der Waals surface area (Å²) >= 11 is 5.55. The molecule has 0 bridgehead atoms. The maximum absolute atomic E-state index is 12.8. The van der Waals surface area contributed by atoms with Gasteiger partial charge in [-0.05, 0) is 42.7 Å². The van der Waals surface area contributed by atoms with E-state index < -0.39 is 11.7 Å². The first kappa shape index (κ1) is 16.8. The van der Waals surface area contributed by atoms with Gasteiger partial charge < -0.3 is 10.6 Å². The Morgan fingerprint density at radius 3 is 2.77 bits per heavy atom. The largest absolute Gasteiger partial charge is 0.417 e. The molecular formula is C15H16ClF3N2O. The smallest absolute Gasteiger partial charge is 0.339 e. The van der Waals surface area contributed by atoms with Gasteiger partial charge in [-0.15, -0.1) is 0 Å². The van der Waals surface area contributed by atoms with E-state index >= 15 is 0 Å². The minimum Gasteiger partial charge on any atom is -0.339 e. The number of nitrogens with zero attached hydrogens (tertiary/aromatic N) is 1. The highest BCUT2D eigenvalue weighted by atomic mass is 35.5. The number of likely N-dealkylation sites (tertiary alicyclic amines) is 1. The first-order valence-corrected chi connectivity index (χ1v) is 7.23. The molecule has 1 fully saturated rings. The molecule has 22 heavy (non-hydrogen) atoms. The number of carbonyl (C=O) groups is 1. The van der Waals surface area contributed by atoms with Crippen LogP contribution in [0.1, 0.15) is 17.5 Å². The first-order chi connectivity index (χ1) is 10.3. The van der Waals surface area contributed by atoms with Crippen LogP contribution < -0.4 is 5.73 Å². The van der Waals surface area contributed by atoms with Gasteiger partial charge in [-0.2, -0.15) is 13.2 Å². The van der Waals surface area contributed by atoms with E-state index in [9.17, 15) is 18.0 Å². The van der Waals surface area contributed by atoms with Crippen molar-refractivity contribution in [1.82, 2.24) is 4.90 Å². The van der Waals surface area contributed by atoms with Crippen molar-refractivity contribution in [1.29, 1.82) is 0 Å². The minimum atomic E-state index is -4.52. The van der Waals surface area contributed by atoms with Crippen LogP contribution in [0.15, 0.2) is 24.3 Å². The van der Waals surface area contributed by atoms with Crippen molar-refractivity contribution in [2.75, 3.05) is 19.6 Å². The lowest BCUT2D eigenvalue weighted by molar-refractivity contribution is -0.137. The van der Waals surface area contributed by atoms with E-state index in [-0.39, 0.29) is 16.5 Å². The average Bonchev–Trinajstić information content (AvgIpc) is 2.94. The molecule has 1 amide bonds. The average molecular weight is 333 g/mol. The molecule has 120 valence electrons. The van der Waals surface area contributed by atoms with Gasteiger partial charge in [-0.1, -0.05) is 17.7 Å². The standard InChI is InChI=1S/C15H16ClF3N2O/c16-13-3-1-10(7-12(13)15(17,18)19)2-4-14(22)21-6-5-11(8-20)9-21/h1-4,7,11H,5-6,8-9,20H2. The fraction of sp³-hybridized carbons (Fsp3) is 0.400. The van der Waals surface area contributed by atoms with Crippen molar-refractivity contribution in [2.24, 2.45) is 11.7 Å². The molecule has 1 saturated heterocycles. The molecule has 7 heteroatoms. The maximum Gasteiger partial charge on any atom is 0.417 e.